The average molecular weight is 240 g/mol. The molecule has 0 fully saturated rings. The fourth-order valence-corrected chi connectivity index (χ4v) is 0.704. The molecule has 0 saturated heterocycles. The first kappa shape index (κ1) is 19.2. The SMILES string of the molecule is CCCCC[O-].CCCCC[O-].[Zn+2]. The minimum atomic E-state index is 0. The number of hydrogen-bond donors (Lipinski definition) is 0. The van der Waals surface area contributed by atoms with Crippen molar-refractivity contribution in [2.45, 2.75) is 52.4 Å². The summed E-state index contributed by atoms with van der Waals surface area (Å²) in [4.78, 5) is 0. The van der Waals surface area contributed by atoms with Gasteiger partial charge in [0.1, 0.15) is 0 Å². The maximum absolute atomic E-state index is 9.69. The molecule has 2 nitrogen and oxygen atoms in total. The van der Waals surface area contributed by atoms with Crippen molar-refractivity contribution in [2.75, 3.05) is 13.2 Å². The van der Waals surface area contributed by atoms with Crippen LogP contribution in [0.2, 0.25) is 0 Å². The first-order valence-corrected chi connectivity index (χ1v) is 4.99. The van der Waals surface area contributed by atoms with Crippen molar-refractivity contribution in [2.24, 2.45) is 0 Å². The third-order valence-corrected chi connectivity index (χ3v) is 1.50. The molecule has 3 heteroatoms. The molecule has 0 aromatic heterocycles. The molecule has 0 aliphatic rings. The Hall–Kier alpha value is 0.543. The van der Waals surface area contributed by atoms with Gasteiger partial charge in [-0.2, -0.15) is 0 Å². The van der Waals surface area contributed by atoms with Crippen LogP contribution in [0.3, 0.4) is 0 Å². The maximum atomic E-state index is 9.69. The monoisotopic (exact) mass is 238 g/mol. The third kappa shape index (κ3) is 32.6. The molecule has 0 bridgehead atoms. The fourth-order valence-electron chi connectivity index (χ4n) is 0.704. The van der Waals surface area contributed by atoms with Crippen LogP contribution in [0, 0.1) is 0 Å². The average Bonchev–Trinajstić information content (AvgIpc) is 2.12. The van der Waals surface area contributed by atoms with Crippen LogP contribution in [0.4, 0.5) is 0 Å². The van der Waals surface area contributed by atoms with Crippen LogP contribution in [-0.2, 0) is 19.5 Å². The maximum Gasteiger partial charge on any atom is 2.00 e. The van der Waals surface area contributed by atoms with E-state index in [0.29, 0.717) is 0 Å². The second-order valence-electron chi connectivity index (χ2n) is 2.82. The van der Waals surface area contributed by atoms with Gasteiger partial charge in [0.2, 0.25) is 0 Å². The molecule has 0 aliphatic carbocycles. The molecule has 0 atom stereocenters. The van der Waals surface area contributed by atoms with Gasteiger partial charge < -0.3 is 10.2 Å². The summed E-state index contributed by atoms with van der Waals surface area (Å²) in [5, 5.41) is 19.4. The molecular weight excluding hydrogens is 217 g/mol. The largest absolute Gasteiger partial charge is 2.00 e. The molecule has 0 rings (SSSR count). The van der Waals surface area contributed by atoms with Gasteiger partial charge in [0.15, 0.2) is 0 Å². The Bertz CT molecular complexity index is 44.9. The summed E-state index contributed by atoms with van der Waals surface area (Å²) in [7, 11) is 0. The summed E-state index contributed by atoms with van der Waals surface area (Å²) < 4.78 is 0. The zero-order chi connectivity index (χ0) is 9.66. The molecule has 0 amide bonds. The van der Waals surface area contributed by atoms with Crippen LogP contribution in [0.15, 0.2) is 0 Å². The van der Waals surface area contributed by atoms with Crippen LogP contribution >= 0.6 is 0 Å². The molecule has 0 spiro atoms. The molecule has 0 aromatic rings. The minimum absolute atomic E-state index is 0. The Morgan fingerprint density at radius 2 is 1.00 bits per heavy atom. The van der Waals surface area contributed by atoms with Gasteiger partial charge in [0.25, 0.3) is 0 Å². The smallest absolute Gasteiger partial charge is 0.854 e. The Morgan fingerprint density at radius 1 is 0.692 bits per heavy atom. The van der Waals surface area contributed by atoms with Crippen molar-refractivity contribution in [3.05, 3.63) is 0 Å². The Morgan fingerprint density at radius 3 is 1.08 bits per heavy atom. The topological polar surface area (TPSA) is 46.1 Å². The standard InChI is InChI=1S/2C5H11O.Zn/c2*1-2-3-4-5-6;/h2*2-5H2,1H3;/q2*-1;+2. The second-order valence-corrected chi connectivity index (χ2v) is 2.82. The van der Waals surface area contributed by atoms with E-state index in [1.165, 1.54) is 0 Å². The Labute approximate surface area is 95.5 Å². The van der Waals surface area contributed by atoms with Gasteiger partial charge in [-0.05, 0) is 0 Å². The van der Waals surface area contributed by atoms with Gasteiger partial charge in [-0.15, -0.1) is 13.2 Å². The molecule has 13 heavy (non-hydrogen) atoms. The quantitative estimate of drug-likeness (QED) is 0.514. The van der Waals surface area contributed by atoms with Crippen molar-refractivity contribution in [3.8, 4) is 0 Å². The van der Waals surface area contributed by atoms with Gasteiger partial charge in [0, 0.05) is 0 Å². The second kappa shape index (κ2) is 22.9. The molecule has 0 heterocycles. The van der Waals surface area contributed by atoms with Gasteiger partial charge in [-0.1, -0.05) is 52.4 Å². The predicted octanol–water partition coefficient (Wildman–Crippen LogP) is 1.07. The summed E-state index contributed by atoms with van der Waals surface area (Å²) in [5.41, 5.74) is 0. The summed E-state index contributed by atoms with van der Waals surface area (Å²) in [5.74, 6) is 0. The molecule has 0 saturated carbocycles. The molecule has 0 N–H and O–H groups in total. The first-order chi connectivity index (χ1) is 5.83. The first-order valence-electron chi connectivity index (χ1n) is 4.99. The van der Waals surface area contributed by atoms with Crippen LogP contribution in [0.25, 0.3) is 0 Å². The van der Waals surface area contributed by atoms with E-state index >= 15 is 0 Å². The van der Waals surface area contributed by atoms with Crippen molar-refractivity contribution in [3.63, 3.8) is 0 Å². The molecule has 0 unspecified atom stereocenters. The van der Waals surface area contributed by atoms with E-state index in [2.05, 4.69) is 13.8 Å². The van der Waals surface area contributed by atoms with Crippen molar-refractivity contribution >= 4 is 0 Å². The van der Waals surface area contributed by atoms with E-state index in [9.17, 15) is 10.2 Å². The Kier molecular flexibility index (Phi) is 33.8. The summed E-state index contributed by atoms with van der Waals surface area (Å²) in [6.07, 6.45) is 6.23. The van der Waals surface area contributed by atoms with Crippen molar-refractivity contribution < 1.29 is 29.7 Å². The van der Waals surface area contributed by atoms with E-state index < -0.39 is 0 Å². The minimum Gasteiger partial charge on any atom is -0.854 e. The van der Waals surface area contributed by atoms with E-state index in [4.69, 9.17) is 0 Å². The number of rotatable bonds is 6. The van der Waals surface area contributed by atoms with Crippen molar-refractivity contribution in [1.82, 2.24) is 0 Å². The molecule has 0 aliphatic heterocycles. The summed E-state index contributed by atoms with van der Waals surface area (Å²) >= 11 is 0. The van der Waals surface area contributed by atoms with E-state index in [0.717, 1.165) is 38.5 Å². The van der Waals surface area contributed by atoms with E-state index in [1.807, 2.05) is 0 Å². The van der Waals surface area contributed by atoms with Crippen LogP contribution in [0.5, 0.6) is 0 Å². The summed E-state index contributed by atoms with van der Waals surface area (Å²) in [6, 6.07) is 0. The molecular formula is C10H22O2Zn. The van der Waals surface area contributed by atoms with Crippen LogP contribution in [0.1, 0.15) is 52.4 Å². The summed E-state index contributed by atoms with van der Waals surface area (Å²) in [6.45, 7) is 4.40. The zero-order valence-corrected chi connectivity index (χ0v) is 12.1. The molecule has 0 radical (unpaired) electrons. The van der Waals surface area contributed by atoms with Gasteiger partial charge in [-0.25, -0.2) is 0 Å². The van der Waals surface area contributed by atoms with Crippen LogP contribution in [-0.4, -0.2) is 13.2 Å². The van der Waals surface area contributed by atoms with Crippen molar-refractivity contribution in [1.29, 1.82) is 0 Å². The van der Waals surface area contributed by atoms with Gasteiger partial charge in [-0.3, -0.25) is 0 Å². The van der Waals surface area contributed by atoms with E-state index in [1.54, 1.807) is 0 Å². The normalized spacial score (nSPS) is 8.31. The zero-order valence-electron chi connectivity index (χ0n) is 9.18. The van der Waals surface area contributed by atoms with E-state index in [-0.39, 0.29) is 32.7 Å². The van der Waals surface area contributed by atoms with Gasteiger partial charge >= 0.3 is 19.5 Å². The predicted molar refractivity (Wildman–Crippen MR) is 48.8 cm³/mol. The third-order valence-electron chi connectivity index (χ3n) is 1.50. The van der Waals surface area contributed by atoms with Crippen LogP contribution < -0.4 is 10.2 Å². The fraction of sp³-hybridized carbons (Fsp3) is 1.00. The van der Waals surface area contributed by atoms with Gasteiger partial charge in [0.05, 0.1) is 0 Å². The Balaban J connectivity index is -0.000000143. The molecule has 0 aromatic carbocycles. The number of hydrogen-bond acceptors (Lipinski definition) is 2. The molecule has 76 valence electrons. The number of unbranched alkanes of at least 4 members (excludes halogenated alkanes) is 4.